The van der Waals surface area contributed by atoms with Gasteiger partial charge in [-0.3, -0.25) is 9.78 Å². The Kier molecular flexibility index (Phi) is 7.25. The molecule has 0 atom stereocenters. The third-order valence-electron chi connectivity index (χ3n) is 2.28. The second-order valence-electron chi connectivity index (χ2n) is 3.84. The normalized spacial score (nSPS) is 9.58. The van der Waals surface area contributed by atoms with E-state index < -0.39 is 0 Å². The highest BCUT2D eigenvalue weighted by atomic mass is 16.5. The number of pyridine rings is 1. The second-order valence-corrected chi connectivity index (χ2v) is 3.84. The van der Waals surface area contributed by atoms with Crippen LogP contribution in [0.1, 0.15) is 28.8 Å². The molecule has 0 spiro atoms. The molecule has 0 aliphatic carbocycles. The molecular weight excluding hydrogens is 244 g/mol. The van der Waals surface area contributed by atoms with E-state index in [1.807, 2.05) is 0 Å². The third kappa shape index (κ3) is 6.00. The minimum atomic E-state index is -0.172. The first-order valence-electron chi connectivity index (χ1n) is 6.10. The lowest BCUT2D eigenvalue weighted by molar-refractivity contribution is 0.0948. The molecule has 5 heteroatoms. The van der Waals surface area contributed by atoms with Gasteiger partial charge in [0.25, 0.3) is 5.91 Å². The van der Waals surface area contributed by atoms with E-state index in [1.54, 1.807) is 19.4 Å². The highest BCUT2D eigenvalue weighted by Gasteiger charge is 2.05. The molecule has 0 saturated carbocycles. The van der Waals surface area contributed by atoms with Gasteiger partial charge in [0.2, 0.25) is 0 Å². The lowest BCUT2D eigenvalue weighted by atomic mass is 10.2. The van der Waals surface area contributed by atoms with Gasteiger partial charge in [0.15, 0.2) is 0 Å². The summed E-state index contributed by atoms with van der Waals surface area (Å²) < 4.78 is 4.90. The zero-order valence-electron chi connectivity index (χ0n) is 11.0. The summed E-state index contributed by atoms with van der Waals surface area (Å²) in [4.78, 5) is 15.8. The van der Waals surface area contributed by atoms with Crippen LogP contribution in [-0.4, -0.2) is 42.9 Å². The summed E-state index contributed by atoms with van der Waals surface area (Å²) in [5, 5.41) is 11.4. The molecule has 1 heterocycles. The standard InChI is InChI=1S/C14H18N2O3/c1-19-8-4-6-16-14(18)13-9-12(10-15-11-13)5-2-3-7-17/h9-11,17H,3-4,6-8H2,1H3,(H,16,18). The van der Waals surface area contributed by atoms with Crippen molar-refractivity contribution in [1.29, 1.82) is 0 Å². The van der Waals surface area contributed by atoms with Gasteiger partial charge in [-0.25, -0.2) is 0 Å². The first-order chi connectivity index (χ1) is 9.27. The van der Waals surface area contributed by atoms with Crippen molar-refractivity contribution in [2.75, 3.05) is 26.9 Å². The summed E-state index contributed by atoms with van der Waals surface area (Å²) in [6.07, 6.45) is 4.27. The number of nitrogens with one attached hydrogen (secondary N) is 1. The Balaban J connectivity index is 2.56. The van der Waals surface area contributed by atoms with Crippen LogP contribution in [0.5, 0.6) is 0 Å². The topological polar surface area (TPSA) is 71.5 Å². The van der Waals surface area contributed by atoms with Gasteiger partial charge in [-0.2, -0.15) is 0 Å². The van der Waals surface area contributed by atoms with Crippen LogP contribution in [0.4, 0.5) is 0 Å². The molecule has 1 rings (SSSR count). The predicted octanol–water partition coefficient (Wildman–Crippen LogP) is 0.582. The van der Waals surface area contributed by atoms with Gasteiger partial charge in [-0.1, -0.05) is 11.8 Å². The van der Waals surface area contributed by atoms with E-state index in [9.17, 15) is 4.79 Å². The summed E-state index contributed by atoms with van der Waals surface area (Å²) in [6.45, 7) is 1.21. The molecule has 0 saturated heterocycles. The van der Waals surface area contributed by atoms with Crippen molar-refractivity contribution < 1.29 is 14.6 Å². The molecule has 0 bridgehead atoms. The number of methoxy groups -OCH3 is 1. The number of carbonyl (C=O) groups is 1. The number of ether oxygens (including phenoxy) is 1. The Morgan fingerprint density at radius 1 is 1.53 bits per heavy atom. The Bertz CT molecular complexity index is 463. The summed E-state index contributed by atoms with van der Waals surface area (Å²) in [6, 6.07) is 1.68. The van der Waals surface area contributed by atoms with Gasteiger partial charge in [0.05, 0.1) is 12.2 Å². The van der Waals surface area contributed by atoms with Crippen molar-refractivity contribution >= 4 is 5.91 Å². The quantitative estimate of drug-likeness (QED) is 0.581. The molecule has 0 aromatic carbocycles. The largest absolute Gasteiger partial charge is 0.395 e. The molecule has 0 fully saturated rings. The van der Waals surface area contributed by atoms with Crippen molar-refractivity contribution in [2.45, 2.75) is 12.8 Å². The number of carbonyl (C=O) groups excluding carboxylic acids is 1. The van der Waals surface area contributed by atoms with Crippen molar-refractivity contribution in [3.05, 3.63) is 29.6 Å². The van der Waals surface area contributed by atoms with Gasteiger partial charge in [-0.15, -0.1) is 0 Å². The summed E-state index contributed by atoms with van der Waals surface area (Å²) in [5.74, 6) is 5.46. The molecule has 0 aliphatic rings. The first kappa shape index (κ1) is 15.2. The third-order valence-corrected chi connectivity index (χ3v) is 2.28. The van der Waals surface area contributed by atoms with Gasteiger partial charge >= 0.3 is 0 Å². The number of rotatable bonds is 6. The minimum Gasteiger partial charge on any atom is -0.395 e. The molecule has 5 nitrogen and oxygen atoms in total. The van der Waals surface area contributed by atoms with Gasteiger partial charge in [0.1, 0.15) is 0 Å². The number of hydrogen-bond donors (Lipinski definition) is 2. The lowest BCUT2D eigenvalue weighted by Gasteiger charge is -2.04. The fourth-order valence-corrected chi connectivity index (χ4v) is 1.37. The van der Waals surface area contributed by atoms with E-state index in [1.165, 1.54) is 6.20 Å². The van der Waals surface area contributed by atoms with E-state index in [4.69, 9.17) is 9.84 Å². The predicted molar refractivity (Wildman–Crippen MR) is 71.6 cm³/mol. The Hall–Kier alpha value is -1.90. The molecule has 1 aromatic rings. The molecule has 0 unspecified atom stereocenters. The van der Waals surface area contributed by atoms with Crippen LogP contribution < -0.4 is 5.32 Å². The SMILES string of the molecule is COCCCNC(=O)c1cncc(C#CCCO)c1. The molecule has 0 radical (unpaired) electrons. The summed E-state index contributed by atoms with van der Waals surface area (Å²) in [5.41, 5.74) is 1.14. The zero-order valence-corrected chi connectivity index (χ0v) is 11.0. The number of nitrogens with zero attached hydrogens (tertiary/aromatic N) is 1. The molecule has 1 amide bonds. The highest BCUT2D eigenvalue weighted by Crippen LogP contribution is 2.01. The number of aromatic nitrogens is 1. The van der Waals surface area contributed by atoms with Crippen molar-refractivity contribution in [3.63, 3.8) is 0 Å². The fourth-order valence-electron chi connectivity index (χ4n) is 1.37. The zero-order chi connectivity index (χ0) is 13.9. The molecular formula is C14H18N2O3. The molecule has 2 N–H and O–H groups in total. The number of aliphatic hydroxyl groups excluding tert-OH is 1. The van der Waals surface area contributed by atoms with Crippen molar-refractivity contribution in [1.82, 2.24) is 10.3 Å². The van der Waals surface area contributed by atoms with Gasteiger partial charge in [-0.05, 0) is 12.5 Å². The maximum absolute atomic E-state index is 11.8. The summed E-state index contributed by atoms with van der Waals surface area (Å²) in [7, 11) is 1.63. The number of amides is 1. The van der Waals surface area contributed by atoms with E-state index >= 15 is 0 Å². The number of aliphatic hydroxyl groups is 1. The molecule has 19 heavy (non-hydrogen) atoms. The second kappa shape index (κ2) is 9.09. The Labute approximate surface area is 113 Å². The van der Waals surface area contributed by atoms with Crippen LogP contribution in [0.2, 0.25) is 0 Å². The van der Waals surface area contributed by atoms with E-state index in [-0.39, 0.29) is 12.5 Å². The van der Waals surface area contributed by atoms with Crippen molar-refractivity contribution in [3.8, 4) is 11.8 Å². The monoisotopic (exact) mass is 262 g/mol. The van der Waals surface area contributed by atoms with E-state index in [0.717, 1.165) is 6.42 Å². The average molecular weight is 262 g/mol. The molecule has 1 aromatic heterocycles. The van der Waals surface area contributed by atoms with Crippen molar-refractivity contribution in [2.24, 2.45) is 0 Å². The van der Waals surface area contributed by atoms with Crippen LogP contribution >= 0.6 is 0 Å². The lowest BCUT2D eigenvalue weighted by Crippen LogP contribution is -2.25. The maximum Gasteiger partial charge on any atom is 0.252 e. The molecule has 0 aliphatic heterocycles. The average Bonchev–Trinajstić information content (AvgIpc) is 2.44. The fraction of sp³-hybridized carbons (Fsp3) is 0.429. The smallest absolute Gasteiger partial charge is 0.252 e. The van der Waals surface area contributed by atoms with Crippen LogP contribution in [0.25, 0.3) is 0 Å². The molecule has 102 valence electrons. The van der Waals surface area contributed by atoms with E-state index in [2.05, 4.69) is 22.1 Å². The van der Waals surface area contributed by atoms with Crippen LogP contribution in [-0.2, 0) is 4.74 Å². The van der Waals surface area contributed by atoms with Crippen LogP contribution in [0.15, 0.2) is 18.5 Å². The highest BCUT2D eigenvalue weighted by molar-refractivity contribution is 5.94. The van der Waals surface area contributed by atoms with E-state index in [0.29, 0.717) is 30.7 Å². The summed E-state index contributed by atoms with van der Waals surface area (Å²) >= 11 is 0. The first-order valence-corrected chi connectivity index (χ1v) is 6.10. The van der Waals surface area contributed by atoms with Gasteiger partial charge < -0.3 is 15.2 Å². The van der Waals surface area contributed by atoms with Crippen LogP contribution in [0, 0.1) is 11.8 Å². The van der Waals surface area contributed by atoms with Crippen LogP contribution in [0.3, 0.4) is 0 Å². The number of hydrogen-bond acceptors (Lipinski definition) is 4. The van der Waals surface area contributed by atoms with Gasteiger partial charge in [0, 0.05) is 44.6 Å². The minimum absolute atomic E-state index is 0.0279. The Morgan fingerprint density at radius 3 is 3.11 bits per heavy atom. The maximum atomic E-state index is 11.8. The Morgan fingerprint density at radius 2 is 2.37 bits per heavy atom.